The number of carbonyl (C=O) groups is 2. The van der Waals surface area contributed by atoms with Crippen LogP contribution in [0.2, 0.25) is 0 Å². The molecule has 6 nitrogen and oxygen atoms in total. The molecule has 2 rings (SSSR count). The smallest absolute Gasteiger partial charge is 0.308 e. The van der Waals surface area contributed by atoms with E-state index in [1.165, 1.54) is 7.11 Å². The molecule has 1 amide bonds. The molecule has 0 bridgehead atoms. The normalized spacial score (nSPS) is 17.1. The Balaban J connectivity index is 2.21. The second-order valence-corrected chi connectivity index (χ2v) is 5.04. The Morgan fingerprint density at radius 2 is 2.27 bits per heavy atom. The number of nitrogens with zero attached hydrogens (tertiary/aromatic N) is 1. The van der Waals surface area contributed by atoms with Crippen LogP contribution in [0.15, 0.2) is 30.9 Å². The molecule has 1 atom stereocenters. The number of carboxylic acid groups (broad SMARTS) is 1. The van der Waals surface area contributed by atoms with Crippen LogP contribution in [0, 0.1) is 5.92 Å². The summed E-state index contributed by atoms with van der Waals surface area (Å²) >= 11 is 0. The third kappa shape index (κ3) is 3.39. The van der Waals surface area contributed by atoms with Gasteiger partial charge < -0.3 is 19.5 Å². The SMILES string of the molecule is C=CCOc1cc(OC)ccc1C(=O)N1CCC(C(=O)O)C1. The van der Waals surface area contributed by atoms with Gasteiger partial charge in [-0.05, 0) is 18.6 Å². The van der Waals surface area contributed by atoms with Crippen molar-refractivity contribution in [3.05, 3.63) is 36.4 Å². The van der Waals surface area contributed by atoms with Gasteiger partial charge in [0, 0.05) is 19.2 Å². The van der Waals surface area contributed by atoms with Crippen LogP contribution in [0.4, 0.5) is 0 Å². The standard InChI is InChI=1S/C16H19NO5/c1-3-8-22-14-9-12(21-2)4-5-13(14)15(18)17-7-6-11(10-17)16(19)20/h3-5,9,11H,1,6-8,10H2,2H3,(H,19,20). The zero-order valence-corrected chi connectivity index (χ0v) is 12.4. The van der Waals surface area contributed by atoms with Crippen LogP contribution in [-0.2, 0) is 4.79 Å². The molecule has 6 heteroatoms. The van der Waals surface area contributed by atoms with E-state index in [0.717, 1.165) is 0 Å². The van der Waals surface area contributed by atoms with E-state index in [0.29, 0.717) is 30.0 Å². The predicted molar refractivity (Wildman–Crippen MR) is 80.3 cm³/mol. The molecule has 1 unspecified atom stereocenters. The van der Waals surface area contributed by atoms with E-state index in [1.807, 2.05) is 0 Å². The summed E-state index contributed by atoms with van der Waals surface area (Å²) in [4.78, 5) is 25.1. The molecule has 118 valence electrons. The van der Waals surface area contributed by atoms with Gasteiger partial charge in [0.05, 0.1) is 18.6 Å². The number of methoxy groups -OCH3 is 1. The Bertz CT molecular complexity index is 584. The fraction of sp³-hybridized carbons (Fsp3) is 0.375. The average Bonchev–Trinajstić information content (AvgIpc) is 3.02. The monoisotopic (exact) mass is 305 g/mol. The van der Waals surface area contributed by atoms with Crippen molar-refractivity contribution in [1.82, 2.24) is 4.90 Å². The number of hydrogen-bond acceptors (Lipinski definition) is 4. The van der Waals surface area contributed by atoms with Crippen molar-refractivity contribution in [2.45, 2.75) is 6.42 Å². The van der Waals surface area contributed by atoms with Crippen LogP contribution in [0.25, 0.3) is 0 Å². The van der Waals surface area contributed by atoms with Gasteiger partial charge in [0.2, 0.25) is 0 Å². The Morgan fingerprint density at radius 3 is 2.86 bits per heavy atom. The third-order valence-electron chi connectivity index (χ3n) is 3.60. The average molecular weight is 305 g/mol. The Hall–Kier alpha value is -2.50. The molecule has 0 radical (unpaired) electrons. The first kappa shape index (κ1) is 15.9. The minimum atomic E-state index is -0.867. The van der Waals surface area contributed by atoms with Gasteiger partial charge in [0.15, 0.2) is 0 Å². The van der Waals surface area contributed by atoms with Gasteiger partial charge in [0.25, 0.3) is 5.91 Å². The van der Waals surface area contributed by atoms with Gasteiger partial charge in [-0.2, -0.15) is 0 Å². The van der Waals surface area contributed by atoms with Crippen LogP contribution in [0.3, 0.4) is 0 Å². The highest BCUT2D eigenvalue weighted by atomic mass is 16.5. The Kier molecular flexibility index (Phi) is 5.04. The zero-order chi connectivity index (χ0) is 16.1. The molecule has 0 saturated carbocycles. The van der Waals surface area contributed by atoms with E-state index in [2.05, 4.69) is 6.58 Å². The van der Waals surface area contributed by atoms with Crippen molar-refractivity contribution in [2.24, 2.45) is 5.92 Å². The van der Waals surface area contributed by atoms with Crippen LogP contribution in [0.1, 0.15) is 16.8 Å². The maximum absolute atomic E-state index is 12.6. The number of rotatable bonds is 6. The van der Waals surface area contributed by atoms with E-state index in [1.54, 1.807) is 29.2 Å². The van der Waals surface area contributed by atoms with Gasteiger partial charge in [0.1, 0.15) is 18.1 Å². The summed E-state index contributed by atoms with van der Waals surface area (Å²) in [6.07, 6.45) is 2.06. The van der Waals surface area contributed by atoms with Crippen molar-refractivity contribution in [2.75, 3.05) is 26.8 Å². The molecular formula is C16H19NO5. The van der Waals surface area contributed by atoms with Gasteiger partial charge in [-0.3, -0.25) is 9.59 Å². The maximum atomic E-state index is 12.6. The second kappa shape index (κ2) is 6.98. The second-order valence-electron chi connectivity index (χ2n) is 5.04. The first-order valence-corrected chi connectivity index (χ1v) is 7.00. The summed E-state index contributed by atoms with van der Waals surface area (Å²) in [5.74, 6) is -0.609. The fourth-order valence-corrected chi connectivity index (χ4v) is 2.39. The number of carbonyl (C=O) groups excluding carboxylic acids is 1. The van der Waals surface area contributed by atoms with Crippen molar-refractivity contribution < 1.29 is 24.2 Å². The van der Waals surface area contributed by atoms with Gasteiger partial charge in [-0.15, -0.1) is 0 Å². The molecule has 1 N–H and O–H groups in total. The number of carboxylic acids is 1. The largest absolute Gasteiger partial charge is 0.497 e. The maximum Gasteiger partial charge on any atom is 0.308 e. The molecule has 1 fully saturated rings. The number of amides is 1. The summed E-state index contributed by atoms with van der Waals surface area (Å²) in [7, 11) is 1.53. The lowest BCUT2D eigenvalue weighted by atomic mass is 10.1. The summed E-state index contributed by atoms with van der Waals surface area (Å²) in [6, 6.07) is 4.95. The zero-order valence-electron chi connectivity index (χ0n) is 12.4. The molecule has 0 aliphatic carbocycles. The van der Waals surface area contributed by atoms with Crippen molar-refractivity contribution in [3.63, 3.8) is 0 Å². The number of aliphatic carboxylic acids is 1. The molecule has 1 aromatic carbocycles. The molecular weight excluding hydrogens is 286 g/mol. The van der Waals surface area contributed by atoms with E-state index >= 15 is 0 Å². The molecule has 1 saturated heterocycles. The highest BCUT2D eigenvalue weighted by Gasteiger charge is 2.32. The predicted octanol–water partition coefficient (Wildman–Crippen LogP) is 1.81. The van der Waals surface area contributed by atoms with E-state index in [-0.39, 0.29) is 19.1 Å². The van der Waals surface area contributed by atoms with Crippen molar-refractivity contribution >= 4 is 11.9 Å². The summed E-state index contributed by atoms with van der Waals surface area (Å²) in [5, 5.41) is 9.03. The highest BCUT2D eigenvalue weighted by Crippen LogP contribution is 2.28. The quantitative estimate of drug-likeness (QED) is 0.811. The minimum Gasteiger partial charge on any atom is -0.497 e. The van der Waals surface area contributed by atoms with Gasteiger partial charge in [-0.1, -0.05) is 12.7 Å². The van der Waals surface area contributed by atoms with E-state index in [9.17, 15) is 9.59 Å². The van der Waals surface area contributed by atoms with Crippen molar-refractivity contribution in [1.29, 1.82) is 0 Å². The Morgan fingerprint density at radius 1 is 1.50 bits per heavy atom. The summed E-state index contributed by atoms with van der Waals surface area (Å²) in [6.45, 7) is 4.51. The number of benzene rings is 1. The lowest BCUT2D eigenvalue weighted by Crippen LogP contribution is -2.30. The number of hydrogen-bond donors (Lipinski definition) is 1. The highest BCUT2D eigenvalue weighted by molar-refractivity contribution is 5.97. The van der Waals surface area contributed by atoms with Gasteiger partial charge >= 0.3 is 5.97 Å². The molecule has 0 spiro atoms. The third-order valence-corrected chi connectivity index (χ3v) is 3.60. The summed E-state index contributed by atoms with van der Waals surface area (Å²) in [5.41, 5.74) is 0.397. The molecule has 1 aromatic rings. The van der Waals surface area contributed by atoms with Gasteiger partial charge in [-0.25, -0.2) is 0 Å². The topological polar surface area (TPSA) is 76.1 Å². The first-order chi connectivity index (χ1) is 10.6. The molecule has 1 aliphatic heterocycles. The van der Waals surface area contributed by atoms with Crippen LogP contribution in [-0.4, -0.2) is 48.7 Å². The number of likely N-dealkylation sites (tertiary alicyclic amines) is 1. The molecule has 1 heterocycles. The molecule has 1 aliphatic rings. The van der Waals surface area contributed by atoms with E-state index in [4.69, 9.17) is 14.6 Å². The Labute approximate surface area is 128 Å². The van der Waals surface area contributed by atoms with Crippen LogP contribution >= 0.6 is 0 Å². The molecule has 22 heavy (non-hydrogen) atoms. The van der Waals surface area contributed by atoms with Crippen LogP contribution < -0.4 is 9.47 Å². The number of ether oxygens (including phenoxy) is 2. The molecule has 0 aromatic heterocycles. The fourth-order valence-electron chi connectivity index (χ4n) is 2.39. The van der Waals surface area contributed by atoms with E-state index < -0.39 is 11.9 Å². The first-order valence-electron chi connectivity index (χ1n) is 7.00. The lowest BCUT2D eigenvalue weighted by Gasteiger charge is -2.18. The van der Waals surface area contributed by atoms with Crippen molar-refractivity contribution in [3.8, 4) is 11.5 Å². The minimum absolute atomic E-state index is 0.223. The summed E-state index contributed by atoms with van der Waals surface area (Å²) < 4.78 is 10.7. The van der Waals surface area contributed by atoms with Crippen LogP contribution in [0.5, 0.6) is 11.5 Å². The lowest BCUT2D eigenvalue weighted by molar-refractivity contribution is -0.141.